The molecule has 24 heavy (non-hydrogen) atoms. The van der Waals surface area contributed by atoms with Crippen molar-refractivity contribution in [2.75, 3.05) is 13.1 Å². The minimum Gasteiger partial charge on any atom is -0.337 e. The van der Waals surface area contributed by atoms with Crippen molar-refractivity contribution in [3.8, 4) is 5.69 Å². The number of amides is 1. The van der Waals surface area contributed by atoms with Crippen LogP contribution >= 0.6 is 12.4 Å². The standard InChI is InChI=1S/C17H23N5O.ClH/c1-12-13(2)21(10-9-18-12)17(23)11-16-14(3)22(20-19-16)15-7-5-4-6-8-15;/h4-8,12-13,18H,9-11H2,1-3H3;1H. The van der Waals surface area contributed by atoms with Crippen molar-refractivity contribution in [2.45, 2.75) is 39.3 Å². The highest BCUT2D eigenvalue weighted by Crippen LogP contribution is 2.15. The first kappa shape index (κ1) is 18.4. The lowest BCUT2D eigenvalue weighted by atomic mass is 10.1. The number of nitrogens with one attached hydrogen (secondary N) is 1. The zero-order chi connectivity index (χ0) is 16.4. The maximum Gasteiger partial charge on any atom is 0.229 e. The van der Waals surface area contributed by atoms with Crippen LogP contribution in [0.15, 0.2) is 30.3 Å². The summed E-state index contributed by atoms with van der Waals surface area (Å²) in [4.78, 5) is 14.6. The van der Waals surface area contributed by atoms with Gasteiger partial charge in [0.2, 0.25) is 5.91 Å². The van der Waals surface area contributed by atoms with Gasteiger partial charge in [0.1, 0.15) is 0 Å². The lowest BCUT2D eigenvalue weighted by molar-refractivity contribution is -0.134. The maximum atomic E-state index is 12.6. The van der Waals surface area contributed by atoms with Crippen LogP contribution in [0.4, 0.5) is 0 Å². The average molecular weight is 350 g/mol. The van der Waals surface area contributed by atoms with Crippen molar-refractivity contribution in [2.24, 2.45) is 0 Å². The van der Waals surface area contributed by atoms with Gasteiger partial charge in [0.25, 0.3) is 0 Å². The molecular weight excluding hydrogens is 326 g/mol. The summed E-state index contributed by atoms with van der Waals surface area (Å²) in [6, 6.07) is 10.4. The Morgan fingerprint density at radius 3 is 2.71 bits per heavy atom. The van der Waals surface area contributed by atoms with Gasteiger partial charge in [-0.05, 0) is 32.9 Å². The second kappa shape index (κ2) is 7.77. The van der Waals surface area contributed by atoms with E-state index in [9.17, 15) is 4.79 Å². The Hall–Kier alpha value is -1.92. The van der Waals surface area contributed by atoms with Gasteiger partial charge in [-0.3, -0.25) is 4.79 Å². The summed E-state index contributed by atoms with van der Waals surface area (Å²) in [7, 11) is 0. The van der Waals surface area contributed by atoms with Gasteiger partial charge in [-0.2, -0.15) is 0 Å². The third-order valence-corrected chi connectivity index (χ3v) is 4.66. The number of benzene rings is 1. The molecule has 1 amide bonds. The van der Waals surface area contributed by atoms with Crippen LogP contribution in [0.3, 0.4) is 0 Å². The Morgan fingerprint density at radius 2 is 2.00 bits per heavy atom. The molecule has 0 bridgehead atoms. The summed E-state index contributed by atoms with van der Waals surface area (Å²) >= 11 is 0. The fourth-order valence-electron chi connectivity index (χ4n) is 2.99. The van der Waals surface area contributed by atoms with Crippen molar-refractivity contribution in [3.63, 3.8) is 0 Å². The van der Waals surface area contributed by atoms with E-state index >= 15 is 0 Å². The van der Waals surface area contributed by atoms with Crippen molar-refractivity contribution in [1.82, 2.24) is 25.2 Å². The monoisotopic (exact) mass is 349 g/mol. The molecule has 1 aliphatic rings. The van der Waals surface area contributed by atoms with Crippen LogP contribution in [-0.2, 0) is 11.2 Å². The number of carbonyl (C=O) groups is 1. The molecule has 0 radical (unpaired) electrons. The molecule has 7 heteroatoms. The quantitative estimate of drug-likeness (QED) is 0.917. The largest absolute Gasteiger partial charge is 0.337 e. The van der Waals surface area contributed by atoms with Gasteiger partial charge < -0.3 is 10.2 Å². The maximum absolute atomic E-state index is 12.6. The second-order valence-electron chi connectivity index (χ2n) is 6.12. The van der Waals surface area contributed by atoms with E-state index in [-0.39, 0.29) is 24.4 Å². The van der Waals surface area contributed by atoms with E-state index in [0.717, 1.165) is 30.2 Å². The number of hydrogen-bond acceptors (Lipinski definition) is 4. The van der Waals surface area contributed by atoms with Crippen LogP contribution in [0.5, 0.6) is 0 Å². The first-order chi connectivity index (χ1) is 11.1. The third kappa shape index (κ3) is 3.60. The van der Waals surface area contributed by atoms with E-state index in [1.807, 2.05) is 42.2 Å². The average Bonchev–Trinajstić information content (AvgIpc) is 2.91. The molecule has 1 fully saturated rings. The molecule has 6 nitrogen and oxygen atoms in total. The van der Waals surface area contributed by atoms with E-state index in [1.54, 1.807) is 4.68 Å². The summed E-state index contributed by atoms with van der Waals surface area (Å²) in [6.45, 7) is 7.74. The predicted molar refractivity (Wildman–Crippen MR) is 95.7 cm³/mol. The van der Waals surface area contributed by atoms with Crippen molar-refractivity contribution in [3.05, 3.63) is 41.7 Å². The number of piperazine rings is 1. The van der Waals surface area contributed by atoms with Crippen LogP contribution in [0, 0.1) is 6.92 Å². The number of carbonyl (C=O) groups excluding carboxylic acids is 1. The van der Waals surface area contributed by atoms with Gasteiger partial charge in [0.15, 0.2) is 0 Å². The van der Waals surface area contributed by atoms with Crippen LogP contribution in [-0.4, -0.2) is 51.0 Å². The van der Waals surface area contributed by atoms with Crippen LogP contribution in [0.25, 0.3) is 5.69 Å². The molecule has 0 spiro atoms. The minimum atomic E-state index is 0. The predicted octanol–water partition coefficient (Wildman–Crippen LogP) is 1.75. The number of nitrogens with zero attached hydrogens (tertiary/aromatic N) is 4. The molecule has 130 valence electrons. The van der Waals surface area contributed by atoms with Crippen molar-refractivity contribution in [1.29, 1.82) is 0 Å². The van der Waals surface area contributed by atoms with Gasteiger partial charge in [-0.1, -0.05) is 23.4 Å². The number of rotatable bonds is 3. The first-order valence-electron chi connectivity index (χ1n) is 8.07. The Kier molecular flexibility index (Phi) is 5.96. The van der Waals surface area contributed by atoms with Gasteiger partial charge in [-0.25, -0.2) is 4.68 Å². The highest BCUT2D eigenvalue weighted by atomic mass is 35.5. The molecule has 1 aliphatic heterocycles. The van der Waals surface area contributed by atoms with Gasteiger partial charge in [-0.15, -0.1) is 17.5 Å². The van der Waals surface area contributed by atoms with Crippen molar-refractivity contribution < 1.29 is 4.79 Å². The smallest absolute Gasteiger partial charge is 0.229 e. The SMILES string of the molecule is Cc1c(CC(=O)N2CCNC(C)C2C)nnn1-c1ccccc1.Cl. The Morgan fingerprint density at radius 1 is 1.29 bits per heavy atom. The van der Waals surface area contributed by atoms with E-state index in [0.29, 0.717) is 12.5 Å². The van der Waals surface area contributed by atoms with E-state index in [4.69, 9.17) is 0 Å². The minimum absolute atomic E-state index is 0. The molecule has 3 rings (SSSR count). The molecular formula is C17H24ClN5O. The van der Waals surface area contributed by atoms with E-state index < -0.39 is 0 Å². The van der Waals surface area contributed by atoms with Gasteiger partial charge in [0, 0.05) is 25.2 Å². The molecule has 1 aromatic heterocycles. The third-order valence-electron chi connectivity index (χ3n) is 4.66. The Balaban J connectivity index is 0.00000208. The molecule has 1 N–H and O–H groups in total. The van der Waals surface area contributed by atoms with Crippen molar-refractivity contribution >= 4 is 18.3 Å². The lowest BCUT2D eigenvalue weighted by Gasteiger charge is -2.38. The zero-order valence-electron chi connectivity index (χ0n) is 14.3. The number of aromatic nitrogens is 3. The lowest BCUT2D eigenvalue weighted by Crippen LogP contribution is -2.57. The molecule has 2 atom stereocenters. The molecule has 1 aromatic carbocycles. The fourth-order valence-corrected chi connectivity index (χ4v) is 2.99. The van der Waals surface area contributed by atoms with E-state index in [2.05, 4.69) is 29.5 Å². The Labute approximate surface area is 148 Å². The Bertz CT molecular complexity index is 688. The number of hydrogen-bond donors (Lipinski definition) is 1. The number of para-hydroxylation sites is 1. The molecule has 2 heterocycles. The number of halogens is 1. The van der Waals surface area contributed by atoms with Gasteiger partial charge >= 0.3 is 0 Å². The van der Waals surface area contributed by atoms with Crippen LogP contribution in [0.1, 0.15) is 25.2 Å². The zero-order valence-corrected chi connectivity index (χ0v) is 15.1. The molecule has 0 saturated carbocycles. The highest BCUT2D eigenvalue weighted by Gasteiger charge is 2.28. The topological polar surface area (TPSA) is 63.1 Å². The van der Waals surface area contributed by atoms with Crippen LogP contribution < -0.4 is 5.32 Å². The highest BCUT2D eigenvalue weighted by molar-refractivity contribution is 5.85. The summed E-state index contributed by atoms with van der Waals surface area (Å²) in [5.74, 6) is 0.120. The second-order valence-corrected chi connectivity index (χ2v) is 6.12. The fraction of sp³-hybridized carbons (Fsp3) is 0.471. The molecule has 0 aliphatic carbocycles. The van der Waals surface area contributed by atoms with Crippen LogP contribution in [0.2, 0.25) is 0 Å². The summed E-state index contributed by atoms with van der Waals surface area (Å²) in [5.41, 5.74) is 2.62. The summed E-state index contributed by atoms with van der Waals surface area (Å²) in [5, 5.41) is 11.8. The molecule has 2 aromatic rings. The van der Waals surface area contributed by atoms with Gasteiger partial charge in [0.05, 0.1) is 23.5 Å². The first-order valence-corrected chi connectivity index (χ1v) is 8.07. The molecule has 2 unspecified atom stereocenters. The van der Waals surface area contributed by atoms with E-state index in [1.165, 1.54) is 0 Å². The summed E-state index contributed by atoms with van der Waals surface area (Å²) in [6.07, 6.45) is 0.301. The molecule has 1 saturated heterocycles. The normalized spacial score (nSPS) is 20.5. The summed E-state index contributed by atoms with van der Waals surface area (Å²) < 4.78 is 1.78.